The number of rotatable bonds is 4. The van der Waals surface area contributed by atoms with Gasteiger partial charge in [-0.15, -0.1) is 54.1 Å². The molecular weight excluding hydrogens is 803 g/mol. The molecule has 9 aromatic rings. The summed E-state index contributed by atoms with van der Waals surface area (Å²) >= 11 is 0. The van der Waals surface area contributed by atoms with Crippen LogP contribution in [0.1, 0.15) is 20.8 Å². The van der Waals surface area contributed by atoms with Crippen LogP contribution < -0.4 is 0 Å². The molecule has 51 heavy (non-hydrogen) atoms. The number of nitrogens with zero attached hydrogens (tertiary/aromatic N) is 3. The molecule has 5 aromatic carbocycles. The van der Waals surface area contributed by atoms with Gasteiger partial charge in [-0.3, -0.25) is 4.98 Å². The Hall–Kier alpha value is -5.74. The third-order valence-corrected chi connectivity index (χ3v) is 8.84. The van der Waals surface area contributed by atoms with Crippen molar-refractivity contribution in [1.82, 2.24) is 15.0 Å². The zero-order valence-corrected chi connectivity index (χ0v) is 30.3. The van der Waals surface area contributed by atoms with E-state index in [1.54, 1.807) is 18.2 Å². The second-order valence-electron chi connectivity index (χ2n) is 12.2. The molecular formula is C46H33IrN3O-2. The van der Waals surface area contributed by atoms with E-state index in [2.05, 4.69) is 103 Å². The van der Waals surface area contributed by atoms with Crippen molar-refractivity contribution >= 4 is 32.7 Å². The van der Waals surface area contributed by atoms with Gasteiger partial charge in [0.05, 0.1) is 5.58 Å². The maximum Gasteiger partial charge on any atom is 0.128 e. The average molecular weight is 839 g/mol. The zero-order valence-electron chi connectivity index (χ0n) is 30.9. The Morgan fingerprint density at radius 1 is 0.588 bits per heavy atom. The number of fused-ring (bicyclic) bond motifs is 4. The molecule has 0 unspecified atom stereocenters. The van der Waals surface area contributed by atoms with E-state index >= 15 is 0 Å². The SMILES string of the molecule is Cc1cc(-c2cccc3c(C)cncc23)c2oc3c(-c4cc(-c5ccccc5)ccn4)[c-]ccc3c2c1.[2H]C([2H])([2H])c1ccc(-c2[c-]cccc2)nc1.[Ir]. The van der Waals surface area contributed by atoms with Gasteiger partial charge < -0.3 is 14.4 Å². The number of aryl methyl sites for hydroxylation is 3. The van der Waals surface area contributed by atoms with Gasteiger partial charge >= 0.3 is 0 Å². The minimum Gasteiger partial charge on any atom is -0.500 e. The van der Waals surface area contributed by atoms with E-state index in [1.807, 2.05) is 55.0 Å². The summed E-state index contributed by atoms with van der Waals surface area (Å²) in [5.41, 5.74) is 12.0. The first-order chi connectivity index (χ1) is 25.7. The number of hydrogen-bond donors (Lipinski definition) is 0. The molecule has 1 radical (unpaired) electrons. The van der Waals surface area contributed by atoms with E-state index in [-0.39, 0.29) is 25.7 Å². The fourth-order valence-corrected chi connectivity index (χ4v) is 6.44. The third kappa shape index (κ3) is 6.74. The minimum atomic E-state index is -2.09. The Labute approximate surface area is 315 Å². The number of hydrogen-bond acceptors (Lipinski definition) is 4. The van der Waals surface area contributed by atoms with Gasteiger partial charge in [0.1, 0.15) is 5.58 Å². The van der Waals surface area contributed by atoms with E-state index < -0.39 is 6.85 Å². The van der Waals surface area contributed by atoms with Gasteiger partial charge in [-0.05, 0) is 89.1 Å². The van der Waals surface area contributed by atoms with Gasteiger partial charge in [-0.2, -0.15) is 0 Å². The van der Waals surface area contributed by atoms with Crippen molar-refractivity contribution < 1.29 is 28.6 Å². The van der Waals surface area contributed by atoms with Gasteiger partial charge in [0.2, 0.25) is 0 Å². The van der Waals surface area contributed by atoms with Crippen molar-refractivity contribution in [2.24, 2.45) is 0 Å². The summed E-state index contributed by atoms with van der Waals surface area (Å²) in [5, 5.41) is 4.49. The molecule has 0 atom stereocenters. The van der Waals surface area contributed by atoms with E-state index in [0.717, 1.165) is 77.7 Å². The second kappa shape index (κ2) is 14.6. The summed E-state index contributed by atoms with van der Waals surface area (Å²) in [5.74, 6) is 0. The van der Waals surface area contributed by atoms with Crippen molar-refractivity contribution in [2.45, 2.75) is 20.7 Å². The Bertz CT molecular complexity index is 2730. The number of pyridine rings is 3. The Morgan fingerprint density at radius 2 is 1.47 bits per heavy atom. The number of aromatic nitrogens is 3. The van der Waals surface area contributed by atoms with Crippen LogP contribution in [-0.2, 0) is 20.1 Å². The molecule has 4 aromatic heterocycles. The molecule has 249 valence electrons. The summed E-state index contributed by atoms with van der Waals surface area (Å²) in [6, 6.07) is 46.6. The first-order valence-corrected chi connectivity index (χ1v) is 16.4. The van der Waals surface area contributed by atoms with Crippen LogP contribution in [0.5, 0.6) is 0 Å². The maximum atomic E-state index is 7.23. The fourth-order valence-electron chi connectivity index (χ4n) is 6.44. The predicted octanol–water partition coefficient (Wildman–Crippen LogP) is 11.8. The molecule has 0 saturated heterocycles. The van der Waals surface area contributed by atoms with Gasteiger partial charge in [-0.1, -0.05) is 77.7 Å². The molecule has 9 rings (SSSR count). The summed E-state index contributed by atoms with van der Waals surface area (Å²) in [4.78, 5) is 13.3. The smallest absolute Gasteiger partial charge is 0.128 e. The molecule has 4 heterocycles. The zero-order chi connectivity index (χ0) is 36.5. The first kappa shape index (κ1) is 30.1. The fraction of sp³-hybridized carbons (Fsp3) is 0.0652. The van der Waals surface area contributed by atoms with Crippen LogP contribution in [-0.4, -0.2) is 15.0 Å². The van der Waals surface area contributed by atoms with Crippen molar-refractivity contribution in [2.75, 3.05) is 0 Å². The second-order valence-corrected chi connectivity index (χ2v) is 12.2. The monoisotopic (exact) mass is 839 g/mol. The van der Waals surface area contributed by atoms with Crippen LogP contribution in [0, 0.1) is 32.8 Å². The molecule has 0 bridgehead atoms. The molecule has 0 saturated carbocycles. The van der Waals surface area contributed by atoms with Gasteiger partial charge in [0, 0.05) is 65.3 Å². The first-order valence-electron chi connectivity index (χ1n) is 17.9. The van der Waals surface area contributed by atoms with Crippen molar-refractivity contribution in [3.63, 3.8) is 0 Å². The molecule has 0 amide bonds. The Kier molecular flexibility index (Phi) is 8.63. The average Bonchev–Trinajstić information content (AvgIpc) is 3.57. The standard InChI is InChI=1S/C34H23N2O.C12H10N.Ir/c1-21-16-29(26-11-6-10-25-22(2)19-35-20-31(25)26)34-30(17-21)27-12-7-13-28(33(27)37-34)32-18-24(14-15-36-32)23-8-4-3-5-9-23;1-10-7-8-12(13-9-10)11-5-3-2-4-6-11;/h3-12,14-20H,1-2H3;2-5,7-9H,1H3;/q2*-1;/i;1D3;. The number of furan rings is 1. The molecule has 4 nitrogen and oxygen atoms in total. The van der Waals surface area contributed by atoms with Crippen molar-refractivity contribution in [1.29, 1.82) is 0 Å². The van der Waals surface area contributed by atoms with E-state index in [1.165, 1.54) is 17.1 Å². The largest absolute Gasteiger partial charge is 0.500 e. The summed E-state index contributed by atoms with van der Waals surface area (Å²) in [6.45, 7) is 2.15. The number of benzene rings is 5. The molecule has 0 aliphatic carbocycles. The van der Waals surface area contributed by atoms with Crippen LogP contribution in [0.4, 0.5) is 0 Å². The maximum absolute atomic E-state index is 7.23. The summed E-state index contributed by atoms with van der Waals surface area (Å²) < 4.78 is 28.4. The normalized spacial score (nSPS) is 12.0. The van der Waals surface area contributed by atoms with E-state index in [4.69, 9.17) is 13.5 Å². The van der Waals surface area contributed by atoms with Gasteiger partial charge in [0.15, 0.2) is 0 Å². The van der Waals surface area contributed by atoms with Crippen LogP contribution >= 0.6 is 0 Å². The molecule has 0 fully saturated rings. The van der Waals surface area contributed by atoms with Gasteiger partial charge in [0.25, 0.3) is 0 Å². The minimum absolute atomic E-state index is 0. The molecule has 0 aliphatic rings. The van der Waals surface area contributed by atoms with Crippen LogP contribution in [0.2, 0.25) is 0 Å². The quantitative estimate of drug-likeness (QED) is 0.166. The van der Waals surface area contributed by atoms with E-state index in [9.17, 15) is 0 Å². The molecule has 0 N–H and O–H groups in total. The van der Waals surface area contributed by atoms with Crippen molar-refractivity contribution in [3.05, 3.63) is 175 Å². The third-order valence-electron chi connectivity index (χ3n) is 8.84. The molecule has 0 aliphatic heterocycles. The van der Waals surface area contributed by atoms with Crippen LogP contribution in [0.25, 0.3) is 77.5 Å². The topological polar surface area (TPSA) is 51.8 Å². The summed E-state index contributed by atoms with van der Waals surface area (Å²) in [6.07, 6.45) is 7.11. The van der Waals surface area contributed by atoms with Crippen molar-refractivity contribution in [3.8, 4) is 44.8 Å². The molecule has 5 heteroatoms. The van der Waals surface area contributed by atoms with Crippen LogP contribution in [0.3, 0.4) is 0 Å². The predicted molar refractivity (Wildman–Crippen MR) is 205 cm³/mol. The Morgan fingerprint density at radius 3 is 2.27 bits per heavy atom. The van der Waals surface area contributed by atoms with Gasteiger partial charge in [-0.25, -0.2) is 0 Å². The van der Waals surface area contributed by atoms with Crippen LogP contribution in [0.15, 0.2) is 151 Å². The Balaban J connectivity index is 0.000000223. The molecule has 0 spiro atoms. The summed E-state index contributed by atoms with van der Waals surface area (Å²) in [7, 11) is 0. The van der Waals surface area contributed by atoms with E-state index in [0.29, 0.717) is 0 Å².